The zero-order valence-corrected chi connectivity index (χ0v) is 18.5. The van der Waals surface area contributed by atoms with E-state index in [0.717, 1.165) is 28.1 Å². The Balaban J connectivity index is 1.30. The van der Waals surface area contributed by atoms with Gasteiger partial charge < -0.3 is 0 Å². The number of aromatic nitrogens is 3. The maximum absolute atomic E-state index is 4.84. The Morgan fingerprint density at radius 3 is 1.88 bits per heavy atom. The van der Waals surface area contributed by atoms with Gasteiger partial charge >= 0.3 is 0 Å². The summed E-state index contributed by atoms with van der Waals surface area (Å²) in [5.41, 5.74) is 7.41. The predicted octanol–water partition coefficient (Wildman–Crippen LogP) is 7.69. The van der Waals surface area contributed by atoms with Gasteiger partial charge in [-0.3, -0.25) is 4.98 Å². The van der Waals surface area contributed by atoms with Crippen molar-refractivity contribution in [3.05, 3.63) is 128 Å². The van der Waals surface area contributed by atoms with Gasteiger partial charge in [-0.2, -0.15) is 0 Å². The molecule has 0 atom stereocenters. The molecule has 160 valence electrons. The first kappa shape index (κ1) is 20.0. The second-order valence-electron chi connectivity index (χ2n) is 8.16. The molecule has 6 aromatic rings. The van der Waals surface area contributed by atoms with Gasteiger partial charge in [0.15, 0.2) is 5.82 Å². The number of hydrogen-bond donors (Lipinski definition) is 0. The molecular formula is C31H21N3. The lowest BCUT2D eigenvalue weighted by Gasteiger charge is -2.09. The van der Waals surface area contributed by atoms with Crippen molar-refractivity contribution < 1.29 is 0 Å². The quantitative estimate of drug-likeness (QED) is 0.285. The van der Waals surface area contributed by atoms with Crippen LogP contribution in [-0.4, -0.2) is 15.0 Å². The molecule has 2 heterocycles. The first-order valence-electron chi connectivity index (χ1n) is 11.3. The van der Waals surface area contributed by atoms with Crippen molar-refractivity contribution in [2.45, 2.75) is 0 Å². The highest BCUT2D eigenvalue weighted by Crippen LogP contribution is 2.30. The number of hydrogen-bond acceptors (Lipinski definition) is 3. The standard InChI is InChI=1S/C31H21N3/c1-2-8-27-22(6-1)7-5-9-28(27)23-11-13-25(14-12-23)30-19-21-33-31(34-30)26-17-15-24(16-18-26)29-10-3-4-20-32-29/h1-21H. The fourth-order valence-electron chi connectivity index (χ4n) is 4.28. The van der Waals surface area contributed by atoms with E-state index in [-0.39, 0.29) is 0 Å². The molecule has 0 unspecified atom stereocenters. The second kappa shape index (κ2) is 8.72. The van der Waals surface area contributed by atoms with Crippen LogP contribution in [0, 0.1) is 0 Å². The Labute approximate surface area is 198 Å². The van der Waals surface area contributed by atoms with Crippen molar-refractivity contribution in [3.63, 3.8) is 0 Å². The van der Waals surface area contributed by atoms with Crippen LogP contribution >= 0.6 is 0 Å². The van der Waals surface area contributed by atoms with Gasteiger partial charge in [0.05, 0.1) is 11.4 Å². The molecule has 6 rings (SSSR count). The molecule has 34 heavy (non-hydrogen) atoms. The Morgan fingerprint density at radius 2 is 1.09 bits per heavy atom. The molecule has 0 radical (unpaired) electrons. The van der Waals surface area contributed by atoms with Gasteiger partial charge in [0.25, 0.3) is 0 Å². The summed E-state index contributed by atoms with van der Waals surface area (Å²) in [5, 5.41) is 2.51. The summed E-state index contributed by atoms with van der Waals surface area (Å²) in [6, 6.07) is 39.6. The summed E-state index contributed by atoms with van der Waals surface area (Å²) in [4.78, 5) is 13.8. The fourth-order valence-corrected chi connectivity index (χ4v) is 4.28. The number of fused-ring (bicyclic) bond motifs is 1. The minimum atomic E-state index is 0.711. The molecule has 0 spiro atoms. The smallest absolute Gasteiger partial charge is 0.159 e. The third-order valence-corrected chi connectivity index (χ3v) is 6.04. The van der Waals surface area contributed by atoms with E-state index in [1.54, 1.807) is 6.20 Å². The van der Waals surface area contributed by atoms with Crippen LogP contribution in [0.5, 0.6) is 0 Å². The van der Waals surface area contributed by atoms with Gasteiger partial charge in [-0.05, 0) is 40.1 Å². The van der Waals surface area contributed by atoms with E-state index >= 15 is 0 Å². The van der Waals surface area contributed by atoms with Gasteiger partial charge in [0.2, 0.25) is 0 Å². The Bertz CT molecular complexity index is 1570. The molecule has 4 aromatic carbocycles. The maximum Gasteiger partial charge on any atom is 0.159 e. The van der Waals surface area contributed by atoms with E-state index in [2.05, 4.69) is 88.8 Å². The molecule has 0 aliphatic heterocycles. The lowest BCUT2D eigenvalue weighted by Crippen LogP contribution is -1.92. The minimum Gasteiger partial charge on any atom is -0.256 e. The van der Waals surface area contributed by atoms with E-state index in [0.29, 0.717) is 5.82 Å². The molecule has 0 N–H and O–H groups in total. The Hall–Kier alpha value is -4.63. The average Bonchev–Trinajstić information content (AvgIpc) is 2.93. The molecule has 0 bridgehead atoms. The minimum absolute atomic E-state index is 0.711. The molecular weight excluding hydrogens is 414 g/mol. The van der Waals surface area contributed by atoms with Gasteiger partial charge in [0.1, 0.15) is 0 Å². The largest absolute Gasteiger partial charge is 0.256 e. The first-order valence-corrected chi connectivity index (χ1v) is 11.3. The van der Waals surface area contributed by atoms with Crippen LogP contribution in [0.15, 0.2) is 128 Å². The van der Waals surface area contributed by atoms with Crippen molar-refractivity contribution in [3.8, 4) is 45.0 Å². The Kier molecular flexibility index (Phi) is 5.13. The van der Waals surface area contributed by atoms with Crippen LogP contribution in [0.2, 0.25) is 0 Å². The average molecular weight is 436 g/mol. The molecule has 0 aliphatic carbocycles. The zero-order chi connectivity index (χ0) is 22.7. The van der Waals surface area contributed by atoms with E-state index in [9.17, 15) is 0 Å². The summed E-state index contributed by atoms with van der Waals surface area (Å²) in [6.07, 6.45) is 3.63. The third-order valence-electron chi connectivity index (χ3n) is 6.04. The third kappa shape index (κ3) is 3.84. The van der Waals surface area contributed by atoms with Crippen LogP contribution in [0.1, 0.15) is 0 Å². The van der Waals surface area contributed by atoms with Crippen LogP contribution in [-0.2, 0) is 0 Å². The topological polar surface area (TPSA) is 38.7 Å². The normalized spacial score (nSPS) is 10.9. The summed E-state index contributed by atoms with van der Waals surface area (Å²) >= 11 is 0. The van der Waals surface area contributed by atoms with Crippen molar-refractivity contribution in [1.82, 2.24) is 15.0 Å². The van der Waals surface area contributed by atoms with Crippen molar-refractivity contribution in [2.75, 3.05) is 0 Å². The molecule has 0 fully saturated rings. The summed E-state index contributed by atoms with van der Waals surface area (Å²) in [6.45, 7) is 0. The molecule has 3 nitrogen and oxygen atoms in total. The molecule has 0 amide bonds. The lowest BCUT2D eigenvalue weighted by molar-refractivity contribution is 1.18. The first-order chi connectivity index (χ1) is 16.8. The number of pyridine rings is 1. The highest BCUT2D eigenvalue weighted by Gasteiger charge is 2.08. The highest BCUT2D eigenvalue weighted by atomic mass is 14.9. The second-order valence-corrected chi connectivity index (χ2v) is 8.16. The van der Waals surface area contributed by atoms with E-state index in [1.165, 1.54) is 21.9 Å². The van der Waals surface area contributed by atoms with Crippen LogP contribution in [0.4, 0.5) is 0 Å². The van der Waals surface area contributed by atoms with Gasteiger partial charge in [0, 0.05) is 29.1 Å². The predicted molar refractivity (Wildman–Crippen MR) is 139 cm³/mol. The molecule has 3 heteroatoms. The summed E-state index contributed by atoms with van der Waals surface area (Å²) < 4.78 is 0. The number of rotatable bonds is 4. The molecule has 0 saturated carbocycles. The molecule has 0 saturated heterocycles. The number of benzene rings is 4. The van der Waals surface area contributed by atoms with Crippen LogP contribution in [0.3, 0.4) is 0 Å². The fraction of sp³-hybridized carbons (Fsp3) is 0. The lowest BCUT2D eigenvalue weighted by atomic mass is 9.97. The van der Waals surface area contributed by atoms with E-state index < -0.39 is 0 Å². The van der Waals surface area contributed by atoms with Gasteiger partial charge in [-0.15, -0.1) is 0 Å². The SMILES string of the molecule is c1ccc(-c2ccc(-c3nccc(-c4ccc(-c5cccc6ccccc56)cc4)n3)cc2)nc1. The van der Waals surface area contributed by atoms with Crippen LogP contribution < -0.4 is 0 Å². The maximum atomic E-state index is 4.84. The number of nitrogens with zero attached hydrogens (tertiary/aromatic N) is 3. The van der Waals surface area contributed by atoms with Crippen molar-refractivity contribution in [1.29, 1.82) is 0 Å². The molecule has 0 aliphatic rings. The van der Waals surface area contributed by atoms with Crippen molar-refractivity contribution in [2.24, 2.45) is 0 Å². The van der Waals surface area contributed by atoms with Gasteiger partial charge in [-0.1, -0.05) is 97.1 Å². The van der Waals surface area contributed by atoms with Gasteiger partial charge in [-0.25, -0.2) is 9.97 Å². The Morgan fingerprint density at radius 1 is 0.412 bits per heavy atom. The van der Waals surface area contributed by atoms with E-state index in [4.69, 9.17) is 4.98 Å². The van der Waals surface area contributed by atoms with Crippen LogP contribution in [0.25, 0.3) is 55.8 Å². The summed E-state index contributed by atoms with van der Waals surface area (Å²) in [7, 11) is 0. The summed E-state index contributed by atoms with van der Waals surface area (Å²) in [5.74, 6) is 0.711. The monoisotopic (exact) mass is 435 g/mol. The zero-order valence-electron chi connectivity index (χ0n) is 18.5. The highest BCUT2D eigenvalue weighted by molar-refractivity contribution is 5.96. The van der Waals surface area contributed by atoms with Crippen molar-refractivity contribution >= 4 is 10.8 Å². The molecule has 2 aromatic heterocycles. The van der Waals surface area contributed by atoms with E-state index in [1.807, 2.05) is 42.6 Å².